The molecule has 0 saturated carbocycles. The molecule has 15 heavy (non-hydrogen) atoms. The fourth-order valence-corrected chi connectivity index (χ4v) is 2.47. The monoisotopic (exact) mass is 224 g/mol. The van der Waals surface area contributed by atoms with E-state index in [9.17, 15) is 0 Å². The number of benzene rings is 1. The van der Waals surface area contributed by atoms with E-state index in [2.05, 4.69) is 32.9 Å². The zero-order valence-electron chi connectivity index (χ0n) is 10.0. The molecule has 1 rings (SSSR count). The molecule has 0 bridgehead atoms. The van der Waals surface area contributed by atoms with E-state index in [0.717, 1.165) is 5.02 Å². The lowest BCUT2D eigenvalue weighted by atomic mass is 9.90. The topological polar surface area (TPSA) is 0 Å². The van der Waals surface area contributed by atoms with Crippen molar-refractivity contribution < 1.29 is 0 Å². The van der Waals surface area contributed by atoms with Gasteiger partial charge < -0.3 is 0 Å². The summed E-state index contributed by atoms with van der Waals surface area (Å²) in [4.78, 5) is 0. The largest absolute Gasteiger partial charge is 0.0843 e. The molecule has 0 unspecified atom stereocenters. The van der Waals surface area contributed by atoms with Crippen molar-refractivity contribution in [2.45, 2.75) is 52.4 Å². The standard InChI is InChI=1S/C14H21Cl/c1-4-6-12(7-5-2)13-8-11(3)9-14(15)10-13/h8-10,12H,4-7H2,1-3H3. The van der Waals surface area contributed by atoms with Gasteiger partial charge in [0.1, 0.15) is 0 Å². The third-order valence-corrected chi connectivity index (χ3v) is 3.03. The van der Waals surface area contributed by atoms with Crippen molar-refractivity contribution in [1.29, 1.82) is 0 Å². The molecule has 0 nitrogen and oxygen atoms in total. The minimum atomic E-state index is 0.692. The van der Waals surface area contributed by atoms with Gasteiger partial charge in [0.05, 0.1) is 0 Å². The van der Waals surface area contributed by atoms with Crippen molar-refractivity contribution in [3.63, 3.8) is 0 Å². The van der Waals surface area contributed by atoms with E-state index in [4.69, 9.17) is 11.6 Å². The number of hydrogen-bond acceptors (Lipinski definition) is 0. The molecule has 0 saturated heterocycles. The van der Waals surface area contributed by atoms with Crippen LogP contribution in [0.5, 0.6) is 0 Å². The fourth-order valence-electron chi connectivity index (χ4n) is 2.17. The van der Waals surface area contributed by atoms with Gasteiger partial charge in [0, 0.05) is 5.02 Å². The zero-order valence-corrected chi connectivity index (χ0v) is 10.8. The molecule has 0 amide bonds. The van der Waals surface area contributed by atoms with E-state index in [1.54, 1.807) is 0 Å². The van der Waals surface area contributed by atoms with E-state index in [-0.39, 0.29) is 0 Å². The van der Waals surface area contributed by atoms with E-state index in [0.29, 0.717) is 5.92 Å². The summed E-state index contributed by atoms with van der Waals surface area (Å²) < 4.78 is 0. The minimum absolute atomic E-state index is 0.692. The lowest BCUT2D eigenvalue weighted by Crippen LogP contribution is -1.98. The molecule has 0 aliphatic rings. The number of halogens is 1. The smallest absolute Gasteiger partial charge is 0.0411 e. The Kier molecular flexibility index (Phi) is 5.17. The Hall–Kier alpha value is -0.490. The molecule has 0 atom stereocenters. The second kappa shape index (κ2) is 6.17. The Morgan fingerprint density at radius 2 is 1.67 bits per heavy atom. The summed E-state index contributed by atoms with van der Waals surface area (Å²) in [6.07, 6.45) is 5.04. The Morgan fingerprint density at radius 1 is 1.07 bits per heavy atom. The van der Waals surface area contributed by atoms with Gasteiger partial charge in [0.2, 0.25) is 0 Å². The van der Waals surface area contributed by atoms with Crippen molar-refractivity contribution in [2.75, 3.05) is 0 Å². The second-order valence-corrected chi connectivity index (χ2v) is 4.77. The molecule has 0 aliphatic carbocycles. The van der Waals surface area contributed by atoms with Gasteiger partial charge in [-0.15, -0.1) is 0 Å². The van der Waals surface area contributed by atoms with Crippen LogP contribution in [-0.4, -0.2) is 0 Å². The van der Waals surface area contributed by atoms with E-state index >= 15 is 0 Å². The lowest BCUT2D eigenvalue weighted by Gasteiger charge is -2.16. The van der Waals surface area contributed by atoms with Gasteiger partial charge >= 0.3 is 0 Å². The number of rotatable bonds is 5. The Labute approximate surface area is 98.7 Å². The summed E-state index contributed by atoms with van der Waals surface area (Å²) in [5, 5.41) is 0.877. The molecule has 0 radical (unpaired) electrons. The first-order valence-corrected chi connectivity index (χ1v) is 6.32. The van der Waals surface area contributed by atoms with Crippen molar-refractivity contribution in [2.24, 2.45) is 0 Å². The van der Waals surface area contributed by atoms with E-state index in [1.165, 1.54) is 36.8 Å². The van der Waals surface area contributed by atoms with Crippen LogP contribution in [0.2, 0.25) is 5.02 Å². The predicted octanol–water partition coefficient (Wildman–Crippen LogP) is 5.33. The van der Waals surface area contributed by atoms with Crippen LogP contribution in [0.3, 0.4) is 0 Å². The fraction of sp³-hybridized carbons (Fsp3) is 0.571. The highest BCUT2D eigenvalue weighted by Gasteiger charge is 2.10. The van der Waals surface area contributed by atoms with Crippen LogP contribution in [0.15, 0.2) is 18.2 Å². The summed E-state index contributed by atoms with van der Waals surface area (Å²) in [7, 11) is 0. The normalized spacial score (nSPS) is 11.0. The maximum atomic E-state index is 6.09. The van der Waals surface area contributed by atoms with Crippen molar-refractivity contribution in [3.8, 4) is 0 Å². The van der Waals surface area contributed by atoms with E-state index < -0.39 is 0 Å². The van der Waals surface area contributed by atoms with Gasteiger partial charge in [0.25, 0.3) is 0 Å². The zero-order chi connectivity index (χ0) is 11.3. The van der Waals surface area contributed by atoms with Crippen LogP contribution >= 0.6 is 11.6 Å². The minimum Gasteiger partial charge on any atom is -0.0843 e. The van der Waals surface area contributed by atoms with Crippen LogP contribution in [-0.2, 0) is 0 Å². The molecular weight excluding hydrogens is 204 g/mol. The maximum Gasteiger partial charge on any atom is 0.0411 e. The highest BCUT2D eigenvalue weighted by Crippen LogP contribution is 2.29. The quantitative estimate of drug-likeness (QED) is 0.634. The average Bonchev–Trinajstić information content (AvgIpc) is 2.16. The van der Waals surface area contributed by atoms with Gasteiger partial charge in [-0.2, -0.15) is 0 Å². The molecule has 84 valence electrons. The molecule has 0 spiro atoms. The van der Waals surface area contributed by atoms with Gasteiger partial charge in [-0.25, -0.2) is 0 Å². The molecule has 0 fully saturated rings. The molecule has 1 aromatic rings. The van der Waals surface area contributed by atoms with Crippen LogP contribution in [0, 0.1) is 6.92 Å². The lowest BCUT2D eigenvalue weighted by molar-refractivity contribution is 0.560. The Morgan fingerprint density at radius 3 is 2.13 bits per heavy atom. The first kappa shape index (κ1) is 12.6. The predicted molar refractivity (Wildman–Crippen MR) is 68.7 cm³/mol. The highest BCUT2D eigenvalue weighted by atomic mass is 35.5. The van der Waals surface area contributed by atoms with Gasteiger partial charge in [-0.3, -0.25) is 0 Å². The van der Waals surface area contributed by atoms with Crippen molar-refractivity contribution in [3.05, 3.63) is 34.3 Å². The summed E-state index contributed by atoms with van der Waals surface area (Å²) in [5.74, 6) is 0.692. The molecule has 1 heteroatoms. The summed E-state index contributed by atoms with van der Waals surface area (Å²) >= 11 is 6.09. The molecule has 0 aliphatic heterocycles. The second-order valence-electron chi connectivity index (χ2n) is 4.34. The molecule has 0 aromatic heterocycles. The summed E-state index contributed by atoms with van der Waals surface area (Å²) in [5.41, 5.74) is 2.69. The molecule has 0 heterocycles. The highest BCUT2D eigenvalue weighted by molar-refractivity contribution is 6.30. The van der Waals surface area contributed by atoms with Gasteiger partial charge in [-0.05, 0) is 48.9 Å². The van der Waals surface area contributed by atoms with E-state index in [1.807, 2.05) is 6.07 Å². The van der Waals surface area contributed by atoms with Crippen molar-refractivity contribution in [1.82, 2.24) is 0 Å². The molecule has 1 aromatic carbocycles. The maximum absolute atomic E-state index is 6.09. The average molecular weight is 225 g/mol. The first-order chi connectivity index (χ1) is 7.17. The Balaban J connectivity index is 2.88. The van der Waals surface area contributed by atoms with Crippen LogP contribution in [0.1, 0.15) is 56.6 Å². The summed E-state index contributed by atoms with van der Waals surface area (Å²) in [6.45, 7) is 6.62. The van der Waals surface area contributed by atoms with Crippen molar-refractivity contribution >= 4 is 11.6 Å². The number of aryl methyl sites for hydroxylation is 1. The third kappa shape index (κ3) is 3.87. The van der Waals surface area contributed by atoms with Gasteiger partial charge in [-0.1, -0.05) is 44.4 Å². The molecule has 0 N–H and O–H groups in total. The molecular formula is C14H21Cl. The third-order valence-electron chi connectivity index (χ3n) is 2.81. The number of hydrogen-bond donors (Lipinski definition) is 0. The first-order valence-electron chi connectivity index (χ1n) is 5.94. The van der Waals surface area contributed by atoms with Crippen LogP contribution < -0.4 is 0 Å². The SMILES string of the molecule is CCCC(CCC)c1cc(C)cc(Cl)c1. The Bertz CT molecular complexity index is 278. The summed E-state index contributed by atoms with van der Waals surface area (Å²) in [6, 6.07) is 6.44. The van der Waals surface area contributed by atoms with Crippen LogP contribution in [0.4, 0.5) is 0 Å². The van der Waals surface area contributed by atoms with Crippen LogP contribution in [0.25, 0.3) is 0 Å². The van der Waals surface area contributed by atoms with Gasteiger partial charge in [0.15, 0.2) is 0 Å².